The maximum Gasteiger partial charge on any atom is 0.240 e. The lowest BCUT2D eigenvalue weighted by Crippen LogP contribution is -2.33. The van der Waals surface area contributed by atoms with E-state index in [1.54, 1.807) is 24.5 Å². The Labute approximate surface area is 135 Å². The molecule has 1 aliphatic heterocycles. The molecule has 0 saturated carbocycles. The molecule has 1 amide bonds. The number of nitrogens with zero attached hydrogens (tertiary/aromatic N) is 2. The molecule has 0 aliphatic carbocycles. The minimum atomic E-state index is -0.0703. The summed E-state index contributed by atoms with van der Waals surface area (Å²) in [5.74, 6) is 0.895. The molecule has 0 atom stereocenters. The van der Waals surface area contributed by atoms with Crippen LogP contribution < -0.4 is 5.32 Å². The molecule has 120 valence electrons. The highest BCUT2D eigenvalue weighted by Gasteiger charge is 2.15. The molecule has 2 aromatic rings. The van der Waals surface area contributed by atoms with Crippen molar-refractivity contribution in [1.82, 2.24) is 10.1 Å². The van der Waals surface area contributed by atoms with Gasteiger partial charge in [0.1, 0.15) is 0 Å². The van der Waals surface area contributed by atoms with Crippen LogP contribution in [-0.2, 0) is 4.79 Å². The van der Waals surface area contributed by atoms with E-state index in [-0.39, 0.29) is 18.3 Å². The maximum atomic E-state index is 12.0. The highest BCUT2D eigenvalue weighted by molar-refractivity contribution is 5.91. The van der Waals surface area contributed by atoms with Crippen molar-refractivity contribution < 1.29 is 13.7 Å². The Hall–Kier alpha value is -1.79. The topological polar surface area (TPSA) is 71.5 Å². The van der Waals surface area contributed by atoms with Crippen molar-refractivity contribution in [1.29, 1.82) is 0 Å². The first kappa shape index (κ1) is 16.6. The van der Waals surface area contributed by atoms with Crippen molar-refractivity contribution in [2.75, 3.05) is 25.0 Å². The van der Waals surface area contributed by atoms with Gasteiger partial charge in [0.15, 0.2) is 11.5 Å². The van der Waals surface area contributed by atoms with E-state index in [1.165, 1.54) is 12.8 Å². The molecular formula is C15H20ClN3O3. The Bertz CT molecular complexity index is 575. The third-order valence-electron chi connectivity index (χ3n) is 3.61. The minimum absolute atomic E-state index is 0. The quantitative estimate of drug-likeness (QED) is 0.934. The van der Waals surface area contributed by atoms with E-state index in [2.05, 4.69) is 15.4 Å². The van der Waals surface area contributed by atoms with Crippen molar-refractivity contribution in [2.24, 2.45) is 0 Å². The first-order valence-electron chi connectivity index (χ1n) is 7.34. The van der Waals surface area contributed by atoms with Crippen LogP contribution in [0.25, 0.3) is 11.5 Å². The maximum absolute atomic E-state index is 12.0. The van der Waals surface area contributed by atoms with Crippen LogP contribution in [0.1, 0.15) is 25.7 Å². The summed E-state index contributed by atoms with van der Waals surface area (Å²) in [4.78, 5) is 14.2. The minimum Gasteiger partial charge on any atom is -0.463 e. The van der Waals surface area contributed by atoms with Gasteiger partial charge in [-0.3, -0.25) is 15.0 Å². The normalized spacial score (nSPS) is 15.8. The van der Waals surface area contributed by atoms with Gasteiger partial charge in [0.25, 0.3) is 0 Å². The van der Waals surface area contributed by atoms with Crippen molar-refractivity contribution in [3.63, 3.8) is 0 Å². The number of halogens is 1. The molecule has 2 aromatic heterocycles. The van der Waals surface area contributed by atoms with E-state index in [1.807, 2.05) is 0 Å². The van der Waals surface area contributed by atoms with Crippen LogP contribution in [0.2, 0.25) is 0 Å². The number of hydrogen-bond donors (Lipinski definition) is 1. The van der Waals surface area contributed by atoms with Crippen LogP contribution in [-0.4, -0.2) is 35.6 Å². The Balaban J connectivity index is 0.00000176. The number of aromatic nitrogens is 1. The number of likely N-dealkylation sites (tertiary alicyclic amines) is 1. The van der Waals surface area contributed by atoms with Gasteiger partial charge in [0, 0.05) is 6.07 Å². The zero-order chi connectivity index (χ0) is 14.5. The Kier molecular flexibility index (Phi) is 6.03. The summed E-state index contributed by atoms with van der Waals surface area (Å²) in [7, 11) is 0. The lowest BCUT2D eigenvalue weighted by atomic mass is 10.2. The number of carbonyl (C=O) groups excluding carboxylic acids is 1. The van der Waals surface area contributed by atoms with E-state index in [4.69, 9.17) is 8.94 Å². The molecule has 1 aliphatic rings. The number of furan rings is 1. The van der Waals surface area contributed by atoms with E-state index in [9.17, 15) is 4.79 Å². The average Bonchev–Trinajstić information content (AvgIpc) is 3.07. The number of rotatable bonds is 4. The summed E-state index contributed by atoms with van der Waals surface area (Å²) in [6.07, 6.45) is 6.41. The summed E-state index contributed by atoms with van der Waals surface area (Å²) < 4.78 is 10.3. The number of carbonyl (C=O) groups is 1. The van der Waals surface area contributed by atoms with Gasteiger partial charge in [0.05, 0.1) is 12.8 Å². The van der Waals surface area contributed by atoms with Crippen LogP contribution in [0.3, 0.4) is 0 Å². The van der Waals surface area contributed by atoms with Gasteiger partial charge in [-0.05, 0) is 38.1 Å². The third-order valence-corrected chi connectivity index (χ3v) is 3.61. The van der Waals surface area contributed by atoms with Gasteiger partial charge in [-0.2, -0.15) is 0 Å². The second-order valence-electron chi connectivity index (χ2n) is 5.29. The molecule has 0 radical (unpaired) electrons. The fourth-order valence-corrected chi connectivity index (χ4v) is 2.55. The van der Waals surface area contributed by atoms with E-state index < -0.39 is 0 Å². The van der Waals surface area contributed by atoms with Crippen LogP contribution in [0, 0.1) is 0 Å². The zero-order valence-corrected chi connectivity index (χ0v) is 13.1. The molecule has 1 fully saturated rings. The van der Waals surface area contributed by atoms with Crippen molar-refractivity contribution >= 4 is 24.2 Å². The largest absolute Gasteiger partial charge is 0.463 e. The Morgan fingerprint density at radius 1 is 1.27 bits per heavy atom. The number of nitrogens with one attached hydrogen (secondary N) is 1. The van der Waals surface area contributed by atoms with Crippen molar-refractivity contribution in [3.8, 4) is 11.5 Å². The fraction of sp³-hybridized carbons (Fsp3) is 0.467. The molecule has 22 heavy (non-hydrogen) atoms. The van der Waals surface area contributed by atoms with Crippen LogP contribution in [0.5, 0.6) is 0 Å². The zero-order valence-electron chi connectivity index (χ0n) is 12.3. The average molecular weight is 326 g/mol. The molecule has 0 spiro atoms. The number of hydrogen-bond acceptors (Lipinski definition) is 5. The SMILES string of the molecule is Cl.O=C(CN1CCCCCC1)Nc1cc(-c2ccco2)no1. The Morgan fingerprint density at radius 3 is 2.73 bits per heavy atom. The fourth-order valence-electron chi connectivity index (χ4n) is 2.55. The lowest BCUT2D eigenvalue weighted by molar-refractivity contribution is -0.117. The van der Waals surface area contributed by atoms with Gasteiger partial charge in [-0.1, -0.05) is 18.0 Å². The van der Waals surface area contributed by atoms with Crippen LogP contribution in [0.4, 0.5) is 5.88 Å². The molecule has 0 bridgehead atoms. The van der Waals surface area contributed by atoms with Gasteiger partial charge in [-0.15, -0.1) is 12.4 Å². The molecule has 3 heterocycles. The van der Waals surface area contributed by atoms with E-state index in [0.29, 0.717) is 23.9 Å². The first-order valence-corrected chi connectivity index (χ1v) is 7.34. The lowest BCUT2D eigenvalue weighted by Gasteiger charge is -2.18. The highest BCUT2D eigenvalue weighted by Crippen LogP contribution is 2.21. The number of amides is 1. The first-order chi connectivity index (χ1) is 10.3. The van der Waals surface area contributed by atoms with Gasteiger partial charge >= 0.3 is 0 Å². The van der Waals surface area contributed by atoms with E-state index in [0.717, 1.165) is 25.9 Å². The van der Waals surface area contributed by atoms with Crippen LogP contribution in [0.15, 0.2) is 33.4 Å². The smallest absolute Gasteiger partial charge is 0.240 e. The predicted octanol–water partition coefficient (Wildman–Crippen LogP) is 3.17. The number of anilines is 1. The monoisotopic (exact) mass is 325 g/mol. The second kappa shape index (κ2) is 8.00. The van der Waals surface area contributed by atoms with Gasteiger partial charge in [0.2, 0.25) is 11.8 Å². The Morgan fingerprint density at radius 2 is 2.05 bits per heavy atom. The van der Waals surface area contributed by atoms with Gasteiger partial charge < -0.3 is 8.94 Å². The molecule has 1 N–H and O–H groups in total. The third kappa shape index (κ3) is 4.35. The van der Waals surface area contributed by atoms with Crippen molar-refractivity contribution in [2.45, 2.75) is 25.7 Å². The molecule has 7 heteroatoms. The predicted molar refractivity (Wildman–Crippen MR) is 85.0 cm³/mol. The summed E-state index contributed by atoms with van der Waals surface area (Å²) in [6, 6.07) is 5.24. The molecule has 6 nitrogen and oxygen atoms in total. The van der Waals surface area contributed by atoms with E-state index >= 15 is 0 Å². The summed E-state index contributed by atoms with van der Waals surface area (Å²) in [5, 5.41) is 6.62. The summed E-state index contributed by atoms with van der Waals surface area (Å²) >= 11 is 0. The summed E-state index contributed by atoms with van der Waals surface area (Å²) in [6.45, 7) is 2.37. The standard InChI is InChI=1S/C15H19N3O3.ClH/c19-14(11-18-7-3-1-2-4-8-18)16-15-10-12(17-21-15)13-6-5-9-20-13;/h5-6,9-10H,1-4,7-8,11H2,(H,16,19);1H. The van der Waals surface area contributed by atoms with Crippen molar-refractivity contribution in [3.05, 3.63) is 24.5 Å². The molecule has 0 unspecified atom stereocenters. The molecule has 3 rings (SSSR count). The molecule has 1 saturated heterocycles. The second-order valence-corrected chi connectivity index (χ2v) is 5.29. The van der Waals surface area contributed by atoms with Gasteiger partial charge in [-0.25, -0.2) is 0 Å². The van der Waals surface area contributed by atoms with Crippen LogP contribution >= 0.6 is 12.4 Å². The highest BCUT2D eigenvalue weighted by atomic mass is 35.5. The molecule has 0 aromatic carbocycles. The molecular weight excluding hydrogens is 306 g/mol. The summed E-state index contributed by atoms with van der Waals surface area (Å²) in [5.41, 5.74) is 0.574.